The van der Waals surface area contributed by atoms with Crippen LogP contribution in [0.2, 0.25) is 0 Å². The van der Waals surface area contributed by atoms with E-state index < -0.39 is 0 Å². The molecule has 1 aromatic carbocycles. The standard InChI is InChI=1S/C17H17NO3/c1-20-13-5-3-10-11-8-9-2-4-12(19)15-14(9)17(10,6-7-18-11)16(13)21-15/h2-5,11,16,18-19H,6-8H2,1H3/t11-,16+,17+/m1/s1. The van der Waals surface area contributed by atoms with Crippen molar-refractivity contribution in [3.63, 3.8) is 0 Å². The molecule has 1 spiro atoms. The Labute approximate surface area is 123 Å². The highest BCUT2D eigenvalue weighted by Gasteiger charge is 2.60. The maximum absolute atomic E-state index is 10.2. The molecule has 4 nitrogen and oxygen atoms in total. The maximum atomic E-state index is 10.2. The Kier molecular flexibility index (Phi) is 2.02. The fourth-order valence-corrected chi connectivity index (χ4v) is 4.70. The molecule has 2 bridgehead atoms. The van der Waals surface area contributed by atoms with Crippen molar-refractivity contribution in [1.82, 2.24) is 5.32 Å². The van der Waals surface area contributed by atoms with Crippen molar-refractivity contribution in [2.75, 3.05) is 13.7 Å². The summed E-state index contributed by atoms with van der Waals surface area (Å²) in [6, 6.07) is 4.16. The molecule has 0 radical (unpaired) electrons. The summed E-state index contributed by atoms with van der Waals surface area (Å²) in [5, 5.41) is 13.9. The molecule has 2 heterocycles. The third-order valence-electron chi connectivity index (χ3n) is 5.50. The lowest BCUT2D eigenvalue weighted by Gasteiger charge is -2.49. The number of benzene rings is 1. The average Bonchev–Trinajstić information content (AvgIpc) is 2.83. The van der Waals surface area contributed by atoms with Crippen LogP contribution in [-0.4, -0.2) is 30.9 Å². The van der Waals surface area contributed by atoms with Crippen molar-refractivity contribution in [2.45, 2.75) is 30.4 Å². The van der Waals surface area contributed by atoms with Crippen LogP contribution in [0.3, 0.4) is 0 Å². The molecule has 3 atom stereocenters. The Morgan fingerprint density at radius 2 is 2.29 bits per heavy atom. The van der Waals surface area contributed by atoms with Crippen molar-refractivity contribution in [3.05, 3.63) is 46.7 Å². The molecule has 1 fully saturated rings. The van der Waals surface area contributed by atoms with Crippen molar-refractivity contribution in [3.8, 4) is 11.5 Å². The molecule has 1 aromatic rings. The number of ether oxygens (including phenoxy) is 2. The monoisotopic (exact) mass is 283 g/mol. The van der Waals surface area contributed by atoms with Crippen LogP contribution in [0, 0.1) is 0 Å². The van der Waals surface area contributed by atoms with Gasteiger partial charge >= 0.3 is 0 Å². The molecule has 4 aliphatic rings. The molecule has 1 saturated heterocycles. The minimum atomic E-state index is -0.155. The first kappa shape index (κ1) is 11.7. The molecule has 0 amide bonds. The summed E-state index contributed by atoms with van der Waals surface area (Å²) in [7, 11) is 1.69. The van der Waals surface area contributed by atoms with Crippen LogP contribution >= 0.6 is 0 Å². The van der Waals surface area contributed by atoms with Gasteiger partial charge in [-0.2, -0.15) is 0 Å². The quantitative estimate of drug-likeness (QED) is 0.825. The summed E-state index contributed by atoms with van der Waals surface area (Å²) in [5.41, 5.74) is 3.71. The molecule has 4 heteroatoms. The highest BCUT2D eigenvalue weighted by atomic mass is 16.5. The number of rotatable bonds is 1. The Morgan fingerprint density at radius 1 is 1.38 bits per heavy atom. The van der Waals surface area contributed by atoms with E-state index in [1.165, 1.54) is 16.7 Å². The van der Waals surface area contributed by atoms with Gasteiger partial charge in [-0.3, -0.25) is 0 Å². The third-order valence-corrected chi connectivity index (χ3v) is 5.50. The van der Waals surface area contributed by atoms with Gasteiger partial charge in [0.15, 0.2) is 17.6 Å². The van der Waals surface area contributed by atoms with E-state index in [1.54, 1.807) is 13.2 Å². The van der Waals surface area contributed by atoms with E-state index in [2.05, 4.69) is 11.4 Å². The van der Waals surface area contributed by atoms with E-state index in [9.17, 15) is 5.11 Å². The summed E-state index contributed by atoms with van der Waals surface area (Å²) >= 11 is 0. The van der Waals surface area contributed by atoms with Gasteiger partial charge in [-0.05, 0) is 42.7 Å². The van der Waals surface area contributed by atoms with Crippen LogP contribution < -0.4 is 10.1 Å². The molecular formula is C17H17NO3. The van der Waals surface area contributed by atoms with E-state index in [0.29, 0.717) is 11.8 Å². The van der Waals surface area contributed by atoms with Gasteiger partial charge in [0.1, 0.15) is 5.76 Å². The predicted octanol–water partition coefficient (Wildman–Crippen LogP) is 1.78. The molecule has 0 aromatic heterocycles. The summed E-state index contributed by atoms with van der Waals surface area (Å²) in [6.07, 6.45) is 6.01. The van der Waals surface area contributed by atoms with E-state index in [-0.39, 0.29) is 17.3 Å². The molecule has 0 unspecified atom stereocenters. The lowest BCUT2D eigenvalue weighted by atomic mass is 9.58. The van der Waals surface area contributed by atoms with Gasteiger partial charge < -0.3 is 19.9 Å². The van der Waals surface area contributed by atoms with Gasteiger partial charge in [0, 0.05) is 11.6 Å². The SMILES string of the molecule is COC1=CC=C2[C@H]3Cc4ccc(O)c5c4[C@@]2(CCN3)[C@H]1O5. The molecule has 21 heavy (non-hydrogen) atoms. The molecule has 2 aliphatic heterocycles. The van der Waals surface area contributed by atoms with Gasteiger partial charge in [-0.15, -0.1) is 0 Å². The molecule has 5 rings (SSSR count). The zero-order valence-corrected chi connectivity index (χ0v) is 11.8. The lowest BCUT2D eigenvalue weighted by molar-refractivity contribution is 0.0999. The second-order valence-electron chi connectivity index (χ2n) is 6.27. The Balaban J connectivity index is 1.87. The Morgan fingerprint density at radius 3 is 3.14 bits per heavy atom. The minimum absolute atomic E-state index is 0.144. The highest BCUT2D eigenvalue weighted by molar-refractivity contribution is 5.67. The second-order valence-corrected chi connectivity index (χ2v) is 6.27. The number of methoxy groups -OCH3 is 1. The van der Waals surface area contributed by atoms with E-state index >= 15 is 0 Å². The topological polar surface area (TPSA) is 50.7 Å². The van der Waals surface area contributed by atoms with Crippen LogP contribution in [-0.2, 0) is 16.6 Å². The molecule has 2 N–H and O–H groups in total. The summed E-state index contributed by atoms with van der Waals surface area (Å²) in [6.45, 7) is 0.966. The van der Waals surface area contributed by atoms with Crippen LogP contribution in [0.1, 0.15) is 17.5 Å². The van der Waals surface area contributed by atoms with Crippen LogP contribution in [0.15, 0.2) is 35.6 Å². The van der Waals surface area contributed by atoms with Crippen LogP contribution in [0.5, 0.6) is 11.5 Å². The molecular weight excluding hydrogens is 266 g/mol. The van der Waals surface area contributed by atoms with Crippen molar-refractivity contribution in [1.29, 1.82) is 0 Å². The second kappa shape index (κ2) is 3.63. The first-order valence-corrected chi connectivity index (χ1v) is 7.47. The Hall–Kier alpha value is -1.94. The number of nitrogens with one attached hydrogen (secondary N) is 1. The number of hydrogen-bond acceptors (Lipinski definition) is 4. The summed E-state index contributed by atoms with van der Waals surface area (Å²) < 4.78 is 11.8. The first-order chi connectivity index (χ1) is 10.3. The highest BCUT2D eigenvalue weighted by Crippen LogP contribution is 2.61. The number of piperidine rings is 1. The largest absolute Gasteiger partial charge is 0.504 e. The molecule has 0 saturated carbocycles. The molecule has 108 valence electrons. The normalized spacial score (nSPS) is 34.5. The number of phenols is 1. The zero-order valence-electron chi connectivity index (χ0n) is 11.8. The fourth-order valence-electron chi connectivity index (χ4n) is 4.70. The Bertz CT molecular complexity index is 721. The van der Waals surface area contributed by atoms with E-state index in [0.717, 1.165) is 25.1 Å². The van der Waals surface area contributed by atoms with Gasteiger partial charge in [-0.25, -0.2) is 0 Å². The number of allylic oxidation sites excluding steroid dienone is 2. The number of phenolic OH excluding ortho intramolecular Hbond substituents is 1. The lowest BCUT2D eigenvalue weighted by Crippen LogP contribution is -2.58. The van der Waals surface area contributed by atoms with Gasteiger partial charge in [0.25, 0.3) is 0 Å². The van der Waals surface area contributed by atoms with Crippen molar-refractivity contribution < 1.29 is 14.6 Å². The van der Waals surface area contributed by atoms with Crippen molar-refractivity contribution >= 4 is 0 Å². The number of hydrogen-bond donors (Lipinski definition) is 2. The van der Waals surface area contributed by atoms with Crippen molar-refractivity contribution in [2.24, 2.45) is 0 Å². The summed E-state index contributed by atoms with van der Waals surface area (Å²) in [4.78, 5) is 0. The first-order valence-electron chi connectivity index (χ1n) is 7.47. The predicted molar refractivity (Wildman–Crippen MR) is 77.5 cm³/mol. The average molecular weight is 283 g/mol. The van der Waals surface area contributed by atoms with E-state index in [1.807, 2.05) is 12.1 Å². The maximum Gasteiger partial charge on any atom is 0.169 e. The fraction of sp³-hybridized carbons (Fsp3) is 0.412. The summed E-state index contributed by atoms with van der Waals surface area (Å²) in [5.74, 6) is 1.75. The van der Waals surface area contributed by atoms with Gasteiger partial charge in [-0.1, -0.05) is 12.1 Å². The minimum Gasteiger partial charge on any atom is -0.504 e. The van der Waals surface area contributed by atoms with Crippen LogP contribution in [0.25, 0.3) is 0 Å². The smallest absolute Gasteiger partial charge is 0.169 e. The van der Waals surface area contributed by atoms with Gasteiger partial charge in [0.2, 0.25) is 0 Å². The van der Waals surface area contributed by atoms with E-state index in [4.69, 9.17) is 9.47 Å². The number of aromatic hydroxyl groups is 1. The third kappa shape index (κ3) is 1.17. The molecule has 2 aliphatic carbocycles. The van der Waals surface area contributed by atoms with Crippen LogP contribution in [0.4, 0.5) is 0 Å². The zero-order chi connectivity index (χ0) is 14.2. The van der Waals surface area contributed by atoms with Gasteiger partial charge in [0.05, 0.1) is 12.5 Å².